The zero-order chi connectivity index (χ0) is 17.8. The lowest BCUT2D eigenvalue weighted by Crippen LogP contribution is -2.06. The molecule has 3 rings (SSSR count). The van der Waals surface area contributed by atoms with Crippen LogP contribution in [-0.4, -0.2) is 14.7 Å². The number of nitrogens with zero attached hydrogens (tertiary/aromatic N) is 2. The van der Waals surface area contributed by atoms with Gasteiger partial charge in [-0.05, 0) is 35.4 Å². The maximum atomic E-state index is 13.4. The summed E-state index contributed by atoms with van der Waals surface area (Å²) in [4.78, 5) is 4.25. The van der Waals surface area contributed by atoms with Crippen molar-refractivity contribution in [2.75, 3.05) is 0 Å². The summed E-state index contributed by atoms with van der Waals surface area (Å²) in [6.45, 7) is 0.130. The largest absolute Gasteiger partial charge is 0.390 e. The van der Waals surface area contributed by atoms with E-state index >= 15 is 0 Å². The van der Waals surface area contributed by atoms with Crippen molar-refractivity contribution in [3.8, 4) is 0 Å². The molecule has 25 heavy (non-hydrogen) atoms. The highest BCUT2D eigenvalue weighted by Gasteiger charge is 2.12. The van der Waals surface area contributed by atoms with Gasteiger partial charge in [-0.1, -0.05) is 23.9 Å². The molecule has 0 radical (unpaired) electrons. The van der Waals surface area contributed by atoms with Gasteiger partial charge in [-0.25, -0.2) is 18.2 Å². The molecule has 0 saturated heterocycles. The zero-order valence-corrected chi connectivity index (χ0v) is 13.9. The van der Waals surface area contributed by atoms with Crippen molar-refractivity contribution in [1.29, 1.82) is 0 Å². The van der Waals surface area contributed by atoms with Gasteiger partial charge in [-0.3, -0.25) is 0 Å². The van der Waals surface area contributed by atoms with E-state index in [-0.39, 0.29) is 12.4 Å². The van der Waals surface area contributed by atoms with Crippen molar-refractivity contribution in [2.45, 2.75) is 24.1 Å². The molecule has 0 atom stereocenters. The number of aliphatic hydroxyl groups excluding tert-OH is 1. The summed E-state index contributed by atoms with van der Waals surface area (Å²) < 4.78 is 41.7. The van der Waals surface area contributed by atoms with Crippen LogP contribution in [0.1, 0.15) is 16.8 Å². The van der Waals surface area contributed by atoms with Crippen molar-refractivity contribution in [3.05, 3.63) is 82.9 Å². The molecular formula is C18H15F3N2OS. The quantitative estimate of drug-likeness (QED) is 0.668. The second-order valence-electron chi connectivity index (χ2n) is 5.47. The van der Waals surface area contributed by atoms with E-state index in [1.807, 2.05) is 0 Å². The van der Waals surface area contributed by atoms with E-state index in [0.717, 1.165) is 11.6 Å². The van der Waals surface area contributed by atoms with E-state index in [9.17, 15) is 18.3 Å². The van der Waals surface area contributed by atoms with E-state index in [2.05, 4.69) is 4.98 Å². The minimum atomic E-state index is -0.630. The van der Waals surface area contributed by atoms with Crippen LogP contribution in [0.3, 0.4) is 0 Å². The normalized spacial score (nSPS) is 11.0. The predicted molar refractivity (Wildman–Crippen MR) is 89.6 cm³/mol. The van der Waals surface area contributed by atoms with Gasteiger partial charge in [-0.2, -0.15) is 0 Å². The molecule has 1 heterocycles. The molecule has 0 amide bonds. The van der Waals surface area contributed by atoms with Crippen molar-refractivity contribution in [3.63, 3.8) is 0 Å². The Morgan fingerprint density at radius 2 is 1.68 bits per heavy atom. The van der Waals surface area contributed by atoms with Crippen molar-refractivity contribution < 1.29 is 18.3 Å². The number of hydrogen-bond donors (Lipinski definition) is 1. The maximum Gasteiger partial charge on any atom is 0.168 e. The molecule has 3 nitrogen and oxygen atoms in total. The molecule has 0 spiro atoms. The molecular weight excluding hydrogens is 349 g/mol. The van der Waals surface area contributed by atoms with Crippen LogP contribution in [0.5, 0.6) is 0 Å². The van der Waals surface area contributed by atoms with Gasteiger partial charge in [0.2, 0.25) is 0 Å². The van der Waals surface area contributed by atoms with E-state index < -0.39 is 11.6 Å². The van der Waals surface area contributed by atoms with Gasteiger partial charge in [0.05, 0.1) is 25.0 Å². The second kappa shape index (κ2) is 7.76. The summed E-state index contributed by atoms with van der Waals surface area (Å²) in [5, 5.41) is 10.1. The number of halogens is 3. The Morgan fingerprint density at radius 1 is 0.960 bits per heavy atom. The lowest BCUT2D eigenvalue weighted by Gasteiger charge is -2.11. The SMILES string of the molecule is OCc1cnc(SCc2cc(F)cc(F)c2)n1Cc1cccc(F)c1. The average molecular weight is 364 g/mol. The third-order valence-corrected chi connectivity index (χ3v) is 4.65. The highest BCUT2D eigenvalue weighted by atomic mass is 32.2. The molecule has 0 bridgehead atoms. The summed E-state index contributed by atoms with van der Waals surface area (Å²) in [6.07, 6.45) is 1.54. The topological polar surface area (TPSA) is 38.1 Å². The monoisotopic (exact) mass is 364 g/mol. The minimum absolute atomic E-state index is 0.211. The van der Waals surface area contributed by atoms with Crippen LogP contribution in [0.15, 0.2) is 53.8 Å². The first-order chi connectivity index (χ1) is 12.0. The summed E-state index contributed by atoms with van der Waals surface area (Å²) >= 11 is 1.29. The van der Waals surface area contributed by atoms with Gasteiger partial charge in [0.25, 0.3) is 0 Å². The number of thioether (sulfide) groups is 1. The van der Waals surface area contributed by atoms with Gasteiger partial charge < -0.3 is 9.67 Å². The van der Waals surface area contributed by atoms with Crippen LogP contribution in [0, 0.1) is 17.5 Å². The summed E-state index contributed by atoms with van der Waals surface area (Å²) in [5.74, 6) is -1.28. The number of benzene rings is 2. The lowest BCUT2D eigenvalue weighted by atomic mass is 10.2. The molecule has 0 aliphatic heterocycles. The number of aromatic nitrogens is 2. The zero-order valence-electron chi connectivity index (χ0n) is 13.1. The maximum absolute atomic E-state index is 13.4. The third-order valence-electron chi connectivity index (χ3n) is 3.58. The second-order valence-corrected chi connectivity index (χ2v) is 6.42. The fraction of sp³-hybridized carbons (Fsp3) is 0.167. The van der Waals surface area contributed by atoms with Gasteiger partial charge >= 0.3 is 0 Å². The Bertz CT molecular complexity index is 862. The van der Waals surface area contributed by atoms with Crippen LogP contribution in [0.25, 0.3) is 0 Å². The molecule has 1 aromatic heterocycles. The van der Waals surface area contributed by atoms with E-state index in [0.29, 0.717) is 28.7 Å². The first-order valence-electron chi connectivity index (χ1n) is 7.52. The highest BCUT2D eigenvalue weighted by Crippen LogP contribution is 2.25. The molecule has 0 saturated carbocycles. The molecule has 0 fully saturated rings. The Balaban J connectivity index is 1.80. The number of rotatable bonds is 6. The summed E-state index contributed by atoms with van der Waals surface area (Å²) in [5.41, 5.74) is 1.80. The summed E-state index contributed by atoms with van der Waals surface area (Å²) in [6, 6.07) is 9.52. The molecule has 2 aromatic carbocycles. The van der Waals surface area contributed by atoms with Crippen LogP contribution >= 0.6 is 11.8 Å². The van der Waals surface area contributed by atoms with Gasteiger partial charge in [0.15, 0.2) is 5.16 Å². The van der Waals surface area contributed by atoms with Crippen molar-refractivity contribution >= 4 is 11.8 Å². The lowest BCUT2D eigenvalue weighted by molar-refractivity contribution is 0.270. The number of aliphatic hydroxyl groups is 1. The van der Waals surface area contributed by atoms with E-state index in [1.54, 1.807) is 16.7 Å². The average Bonchev–Trinajstić information content (AvgIpc) is 2.94. The van der Waals surface area contributed by atoms with Crippen molar-refractivity contribution in [1.82, 2.24) is 9.55 Å². The fourth-order valence-corrected chi connectivity index (χ4v) is 3.39. The first-order valence-corrected chi connectivity index (χ1v) is 8.51. The molecule has 0 aliphatic rings. The Morgan fingerprint density at radius 3 is 2.36 bits per heavy atom. The smallest absolute Gasteiger partial charge is 0.168 e. The van der Waals surface area contributed by atoms with Crippen molar-refractivity contribution in [2.24, 2.45) is 0 Å². The number of imidazole rings is 1. The molecule has 0 aliphatic carbocycles. The molecule has 0 unspecified atom stereocenters. The highest BCUT2D eigenvalue weighted by molar-refractivity contribution is 7.98. The molecule has 130 valence electrons. The van der Waals surface area contributed by atoms with E-state index in [4.69, 9.17) is 0 Å². The Hall–Kier alpha value is -2.25. The van der Waals surface area contributed by atoms with Crippen LogP contribution in [-0.2, 0) is 18.9 Å². The Labute approximate surface area is 147 Å². The van der Waals surface area contributed by atoms with Gasteiger partial charge in [-0.15, -0.1) is 0 Å². The number of hydrogen-bond acceptors (Lipinski definition) is 3. The van der Waals surface area contributed by atoms with Gasteiger partial charge in [0, 0.05) is 11.8 Å². The van der Waals surface area contributed by atoms with Gasteiger partial charge in [0.1, 0.15) is 17.5 Å². The first kappa shape index (κ1) is 17.6. The molecule has 3 aromatic rings. The van der Waals surface area contributed by atoms with E-state index in [1.165, 1.54) is 42.2 Å². The standard InChI is InChI=1S/C18H15F3N2OS/c19-14-3-1-2-12(4-14)9-23-17(10-24)8-22-18(23)25-11-13-5-15(20)7-16(21)6-13/h1-8,24H,9-11H2. The molecule has 7 heteroatoms. The summed E-state index contributed by atoms with van der Waals surface area (Å²) in [7, 11) is 0. The fourth-order valence-electron chi connectivity index (χ4n) is 2.46. The molecule has 1 N–H and O–H groups in total. The predicted octanol–water partition coefficient (Wildman–Crippen LogP) is 4.13. The Kier molecular flexibility index (Phi) is 5.45. The minimum Gasteiger partial charge on any atom is -0.390 e. The van der Waals surface area contributed by atoms with Crippen LogP contribution in [0.2, 0.25) is 0 Å². The van der Waals surface area contributed by atoms with Crippen LogP contribution in [0.4, 0.5) is 13.2 Å². The third kappa shape index (κ3) is 4.43. The van der Waals surface area contributed by atoms with Crippen LogP contribution < -0.4 is 0 Å².